The molecule has 1 aliphatic rings. The van der Waals surface area contributed by atoms with Crippen molar-refractivity contribution >= 4 is 23.2 Å². The molecule has 7 heteroatoms. The van der Waals surface area contributed by atoms with Gasteiger partial charge < -0.3 is 15.2 Å². The zero-order valence-electron chi connectivity index (χ0n) is 16.0. The third-order valence-corrected chi connectivity index (χ3v) is 5.65. The molecule has 2 unspecified atom stereocenters. The molecule has 0 bridgehead atoms. The largest absolute Gasteiger partial charge is 0.461 e. The zero-order chi connectivity index (χ0) is 19.6. The first-order valence-electron chi connectivity index (χ1n) is 9.40. The van der Waals surface area contributed by atoms with Gasteiger partial charge in [-0.3, -0.25) is 4.57 Å². The minimum absolute atomic E-state index is 0.0961. The van der Waals surface area contributed by atoms with Gasteiger partial charge in [0.15, 0.2) is 0 Å². The van der Waals surface area contributed by atoms with Crippen molar-refractivity contribution < 1.29 is 9.84 Å². The van der Waals surface area contributed by atoms with E-state index in [1.807, 2.05) is 7.05 Å². The first-order valence-corrected chi connectivity index (χ1v) is 10.2. The number of hydrogen-bond acceptors (Lipinski definition) is 4. The second kappa shape index (κ2) is 8.82. The monoisotopic (exact) mass is 411 g/mol. The van der Waals surface area contributed by atoms with Crippen LogP contribution in [0.25, 0.3) is 0 Å². The van der Waals surface area contributed by atoms with Gasteiger partial charge in [-0.1, -0.05) is 37.0 Å². The number of aliphatic hydroxyl groups excluding tert-OH is 1. The molecule has 2 heterocycles. The van der Waals surface area contributed by atoms with Gasteiger partial charge in [0.1, 0.15) is 12.2 Å². The Morgan fingerprint density at radius 3 is 2.41 bits per heavy atom. The van der Waals surface area contributed by atoms with Crippen molar-refractivity contribution in [2.75, 3.05) is 13.1 Å². The second-order valence-corrected chi connectivity index (χ2v) is 8.42. The summed E-state index contributed by atoms with van der Waals surface area (Å²) in [5, 5.41) is 15.2. The third-order valence-electron chi connectivity index (χ3n) is 5.21. The fourth-order valence-corrected chi connectivity index (χ4v) is 4.29. The average Bonchev–Trinajstić information content (AvgIpc) is 2.99. The minimum atomic E-state index is -0.882. The van der Waals surface area contributed by atoms with Crippen molar-refractivity contribution in [1.29, 1.82) is 0 Å². The predicted octanol–water partition coefficient (Wildman–Crippen LogP) is 4.21. The van der Waals surface area contributed by atoms with Crippen molar-refractivity contribution in [3.63, 3.8) is 0 Å². The van der Waals surface area contributed by atoms with Gasteiger partial charge in [-0.2, -0.15) is 0 Å². The summed E-state index contributed by atoms with van der Waals surface area (Å²) in [6.07, 6.45) is 3.06. The van der Waals surface area contributed by atoms with Crippen LogP contribution in [0.2, 0.25) is 10.0 Å². The quantitative estimate of drug-likeness (QED) is 0.746. The molecule has 2 N–H and O–H groups in total. The molecule has 1 saturated heterocycles. The molecule has 1 aromatic carbocycles. The summed E-state index contributed by atoms with van der Waals surface area (Å²) < 4.78 is 8.12. The fraction of sp³-hybridized carbons (Fsp3) is 0.550. The van der Waals surface area contributed by atoms with Crippen LogP contribution in [0, 0.1) is 11.8 Å². The average molecular weight is 412 g/mol. The highest BCUT2D eigenvalue weighted by atomic mass is 35.5. The van der Waals surface area contributed by atoms with Crippen LogP contribution >= 0.6 is 23.2 Å². The van der Waals surface area contributed by atoms with Crippen LogP contribution in [-0.4, -0.2) is 33.9 Å². The maximum atomic E-state index is 10.8. The molecule has 0 spiro atoms. The number of aliphatic hydroxyl groups is 1. The molecule has 0 amide bonds. The molecule has 2 atom stereocenters. The van der Waals surface area contributed by atoms with E-state index in [-0.39, 0.29) is 6.10 Å². The van der Waals surface area contributed by atoms with Crippen LogP contribution in [0.5, 0.6) is 6.01 Å². The van der Waals surface area contributed by atoms with E-state index in [1.54, 1.807) is 29.0 Å². The summed E-state index contributed by atoms with van der Waals surface area (Å²) in [5.74, 6) is 0.882. The summed E-state index contributed by atoms with van der Waals surface area (Å²) in [6, 6.07) is 5.58. The lowest BCUT2D eigenvalue weighted by Crippen LogP contribution is -2.40. The van der Waals surface area contributed by atoms with Crippen LogP contribution in [0.1, 0.15) is 44.1 Å². The molecule has 3 rings (SSSR count). The number of aromatic nitrogens is 2. The van der Waals surface area contributed by atoms with Gasteiger partial charge in [-0.25, -0.2) is 4.98 Å². The highest BCUT2D eigenvalue weighted by Gasteiger charge is 2.29. The lowest BCUT2D eigenvalue weighted by atomic mass is 9.86. The maximum Gasteiger partial charge on any atom is 0.296 e. The predicted molar refractivity (Wildman–Crippen MR) is 109 cm³/mol. The van der Waals surface area contributed by atoms with Crippen molar-refractivity contribution in [3.8, 4) is 6.01 Å². The van der Waals surface area contributed by atoms with Crippen LogP contribution in [0.15, 0.2) is 24.4 Å². The fourth-order valence-electron chi connectivity index (χ4n) is 3.74. The van der Waals surface area contributed by atoms with Crippen LogP contribution < -0.4 is 10.1 Å². The number of benzene rings is 1. The van der Waals surface area contributed by atoms with Gasteiger partial charge in [0.2, 0.25) is 0 Å². The molecule has 148 valence electrons. The molecule has 1 aliphatic heterocycles. The van der Waals surface area contributed by atoms with E-state index in [2.05, 4.69) is 24.1 Å². The molecular formula is C20H27Cl2N3O2. The van der Waals surface area contributed by atoms with E-state index < -0.39 is 6.10 Å². The molecule has 2 aromatic rings. The summed E-state index contributed by atoms with van der Waals surface area (Å²) in [5.41, 5.74) is 1.26. The van der Waals surface area contributed by atoms with Crippen molar-refractivity contribution in [2.45, 2.75) is 38.9 Å². The number of hydrogen-bond donors (Lipinski definition) is 2. The van der Waals surface area contributed by atoms with Crippen molar-refractivity contribution in [3.05, 3.63) is 45.7 Å². The highest BCUT2D eigenvalue weighted by molar-refractivity contribution is 6.34. The summed E-state index contributed by atoms with van der Waals surface area (Å²) >= 11 is 12.1. The van der Waals surface area contributed by atoms with Crippen molar-refractivity contribution in [1.82, 2.24) is 14.9 Å². The molecular weight excluding hydrogens is 385 g/mol. The van der Waals surface area contributed by atoms with E-state index in [9.17, 15) is 5.11 Å². The van der Waals surface area contributed by atoms with Gasteiger partial charge in [0, 0.05) is 17.1 Å². The Morgan fingerprint density at radius 1 is 1.19 bits per heavy atom. The van der Waals surface area contributed by atoms with E-state index in [1.165, 1.54) is 0 Å². The van der Waals surface area contributed by atoms with Gasteiger partial charge in [-0.15, -0.1) is 0 Å². The van der Waals surface area contributed by atoms with Gasteiger partial charge in [0.05, 0.1) is 11.9 Å². The topological polar surface area (TPSA) is 59.3 Å². The molecule has 0 aliphatic carbocycles. The van der Waals surface area contributed by atoms with Gasteiger partial charge >= 0.3 is 0 Å². The third kappa shape index (κ3) is 4.77. The number of rotatable bonds is 6. The van der Waals surface area contributed by atoms with E-state index in [0.717, 1.165) is 25.9 Å². The number of nitrogens with one attached hydrogen (secondary N) is 1. The molecule has 27 heavy (non-hydrogen) atoms. The Labute approximate surface area is 170 Å². The number of nitrogens with zero attached hydrogens (tertiary/aromatic N) is 2. The Kier molecular flexibility index (Phi) is 6.69. The lowest BCUT2D eigenvalue weighted by Gasteiger charge is -2.33. The zero-order valence-corrected chi connectivity index (χ0v) is 17.5. The van der Waals surface area contributed by atoms with E-state index in [4.69, 9.17) is 27.9 Å². The molecule has 5 nitrogen and oxygen atoms in total. The van der Waals surface area contributed by atoms with E-state index >= 15 is 0 Å². The first-order chi connectivity index (χ1) is 12.9. The molecule has 1 fully saturated rings. The summed E-state index contributed by atoms with van der Waals surface area (Å²) in [6.45, 7) is 6.41. The maximum absolute atomic E-state index is 10.8. The number of piperidine rings is 1. The Morgan fingerprint density at radius 2 is 1.81 bits per heavy atom. The Bertz CT molecular complexity index is 752. The number of imidazole rings is 1. The van der Waals surface area contributed by atoms with Crippen LogP contribution in [0.4, 0.5) is 0 Å². The number of ether oxygens (including phenoxy) is 1. The number of halogens is 2. The van der Waals surface area contributed by atoms with Crippen LogP contribution in [0.3, 0.4) is 0 Å². The van der Waals surface area contributed by atoms with Gasteiger partial charge in [0.25, 0.3) is 6.01 Å². The summed E-state index contributed by atoms with van der Waals surface area (Å²) in [4.78, 5) is 4.42. The molecule has 1 aromatic heterocycles. The Hall–Kier alpha value is -1.27. The molecule has 0 radical (unpaired) electrons. The smallest absolute Gasteiger partial charge is 0.296 e. The normalized spacial score (nSPS) is 17.9. The molecule has 0 saturated carbocycles. The van der Waals surface area contributed by atoms with Gasteiger partial charge in [-0.05, 0) is 61.5 Å². The Balaban J connectivity index is 1.81. The first kappa shape index (κ1) is 20.5. The van der Waals surface area contributed by atoms with E-state index in [0.29, 0.717) is 39.1 Å². The highest BCUT2D eigenvalue weighted by Crippen LogP contribution is 2.31. The lowest BCUT2D eigenvalue weighted by molar-refractivity contribution is 0.0597. The van der Waals surface area contributed by atoms with Crippen molar-refractivity contribution in [2.24, 2.45) is 18.9 Å². The SMILES string of the molecule is CC(C)C(Oc1ncc(C(O)c2cc(Cl)cc(Cl)c2)n1C)C1CCNCC1. The summed E-state index contributed by atoms with van der Waals surface area (Å²) in [7, 11) is 1.85. The standard InChI is InChI=1S/C20H27Cl2N3O2/c1-12(2)19(13-4-6-23-7-5-13)27-20-24-11-17(25(20)3)18(26)14-8-15(21)10-16(22)9-14/h8-13,18-19,23,26H,4-7H2,1-3H3. The second-order valence-electron chi connectivity index (χ2n) is 7.54. The van der Waals surface area contributed by atoms with Crippen LogP contribution in [-0.2, 0) is 7.05 Å². The minimum Gasteiger partial charge on any atom is -0.461 e.